The molecule has 0 saturated heterocycles. The van der Waals surface area contributed by atoms with Crippen LogP contribution in [0.2, 0.25) is 0 Å². The summed E-state index contributed by atoms with van der Waals surface area (Å²) in [7, 11) is 3.26. The van der Waals surface area contributed by atoms with E-state index in [9.17, 15) is 9.59 Å². The molecule has 6 nitrogen and oxygen atoms in total. The van der Waals surface area contributed by atoms with Crippen LogP contribution in [-0.4, -0.2) is 55.5 Å². The van der Waals surface area contributed by atoms with Crippen molar-refractivity contribution in [3.63, 3.8) is 0 Å². The number of rotatable bonds is 12. The first-order valence-electron chi connectivity index (χ1n) is 14.3. The van der Waals surface area contributed by atoms with Crippen LogP contribution in [0.5, 0.6) is 11.5 Å². The molecule has 6 rings (SSSR count). The Bertz CT molecular complexity index is 1170. The lowest BCUT2D eigenvalue weighted by atomic mass is 9.49. The van der Waals surface area contributed by atoms with E-state index in [-0.39, 0.29) is 23.8 Å². The highest BCUT2D eigenvalue weighted by atomic mass is 32.1. The third-order valence-corrected chi connectivity index (χ3v) is 10.2. The van der Waals surface area contributed by atoms with Gasteiger partial charge in [-0.05, 0) is 104 Å². The molecule has 210 valence electrons. The quantitative estimate of drug-likeness (QED) is 0.310. The molecule has 4 aliphatic rings. The normalized spacial score (nSPS) is 24.8. The zero-order valence-electron chi connectivity index (χ0n) is 23.6. The van der Waals surface area contributed by atoms with Crippen molar-refractivity contribution in [1.29, 1.82) is 0 Å². The Balaban J connectivity index is 1.32. The number of hydrogen-bond donors (Lipinski definition) is 0. The van der Waals surface area contributed by atoms with Crippen LogP contribution < -0.4 is 9.47 Å². The molecule has 0 N–H and O–H groups in total. The maximum Gasteiger partial charge on any atom is 0.242 e. The molecule has 1 heterocycles. The Morgan fingerprint density at radius 2 is 1.69 bits per heavy atom. The molecule has 39 heavy (non-hydrogen) atoms. The smallest absolute Gasteiger partial charge is 0.242 e. The molecule has 7 heteroatoms. The van der Waals surface area contributed by atoms with E-state index in [4.69, 9.17) is 9.47 Å². The lowest BCUT2D eigenvalue weighted by Gasteiger charge is -2.56. The van der Waals surface area contributed by atoms with Gasteiger partial charge >= 0.3 is 0 Å². The van der Waals surface area contributed by atoms with E-state index in [0.717, 1.165) is 24.8 Å². The number of carbonyl (C=O) groups excluding carboxylic acids is 2. The maximum atomic E-state index is 14.1. The lowest BCUT2D eigenvalue weighted by molar-refractivity contribution is -0.159. The van der Waals surface area contributed by atoms with Gasteiger partial charge in [-0.3, -0.25) is 9.59 Å². The Morgan fingerprint density at radius 1 is 1.03 bits per heavy atom. The van der Waals surface area contributed by atoms with Crippen LogP contribution in [0.4, 0.5) is 0 Å². The molecule has 0 radical (unpaired) electrons. The van der Waals surface area contributed by atoms with E-state index in [0.29, 0.717) is 55.3 Å². The van der Waals surface area contributed by atoms with Gasteiger partial charge in [0.25, 0.3) is 0 Å². The Hall–Kier alpha value is -2.80. The molecule has 4 aliphatic carbocycles. The molecule has 4 bridgehead atoms. The first-order valence-corrected chi connectivity index (χ1v) is 15.1. The third-order valence-electron chi connectivity index (χ3n) is 9.23. The molecule has 0 aliphatic heterocycles. The zero-order chi connectivity index (χ0) is 27.6. The highest BCUT2D eigenvalue weighted by molar-refractivity contribution is 7.10. The van der Waals surface area contributed by atoms with Gasteiger partial charge < -0.3 is 19.3 Å². The molecule has 1 aromatic carbocycles. The molecule has 4 fully saturated rings. The van der Waals surface area contributed by atoms with Crippen LogP contribution in [0.15, 0.2) is 42.3 Å². The molecule has 0 atom stereocenters. The lowest BCUT2D eigenvalue weighted by Crippen LogP contribution is -2.56. The predicted octanol–water partition coefficient (Wildman–Crippen LogP) is 5.88. The molecule has 0 unspecified atom stereocenters. The summed E-state index contributed by atoms with van der Waals surface area (Å²) in [6.07, 6.45) is 9.31. The third kappa shape index (κ3) is 5.88. The van der Waals surface area contributed by atoms with Gasteiger partial charge in [0, 0.05) is 18.0 Å². The number of hydrogen-bond acceptors (Lipinski definition) is 5. The Kier molecular flexibility index (Phi) is 8.36. The van der Waals surface area contributed by atoms with E-state index < -0.39 is 0 Å². The average molecular weight is 551 g/mol. The van der Waals surface area contributed by atoms with E-state index in [1.54, 1.807) is 36.5 Å². The zero-order valence-corrected chi connectivity index (χ0v) is 24.4. The molecule has 1 aromatic heterocycles. The summed E-state index contributed by atoms with van der Waals surface area (Å²) in [5.74, 6) is 3.58. The topological polar surface area (TPSA) is 59.1 Å². The summed E-state index contributed by atoms with van der Waals surface area (Å²) in [5, 5.41) is 2.07. The van der Waals surface area contributed by atoms with Gasteiger partial charge in [0.1, 0.15) is 6.54 Å². The van der Waals surface area contributed by atoms with Crippen molar-refractivity contribution in [2.24, 2.45) is 23.2 Å². The first-order chi connectivity index (χ1) is 18.8. The largest absolute Gasteiger partial charge is 0.493 e. The van der Waals surface area contributed by atoms with Crippen molar-refractivity contribution in [2.45, 2.75) is 58.4 Å². The number of benzene rings is 1. The van der Waals surface area contributed by atoms with E-state index >= 15 is 0 Å². The number of amides is 2. The van der Waals surface area contributed by atoms with Gasteiger partial charge in [-0.15, -0.1) is 17.9 Å². The average Bonchev–Trinajstić information content (AvgIpc) is 3.33. The second-order valence-corrected chi connectivity index (χ2v) is 13.0. The SMILES string of the molecule is C=CCN(CC(=O)N(CCc1ccc(OC)c(OC)c1)Cc1sccc1C)C(=O)C12CC3CC(CC(C3)C1)C2. The van der Waals surface area contributed by atoms with Gasteiger partial charge in [0.15, 0.2) is 11.5 Å². The highest BCUT2D eigenvalue weighted by Crippen LogP contribution is 2.60. The number of ether oxygens (including phenoxy) is 2. The standard InChI is InChI=1S/C32H42N2O4S/c1-5-10-34(31(36)32-17-24-13-25(18-32)15-26(14-24)19-32)21-30(35)33(20-29-22(2)9-12-39-29)11-8-23-6-7-27(37-3)28(16-23)38-4/h5-7,9,12,16,24-26H,1,8,10-11,13-15,17-21H2,2-4H3. The van der Waals surface area contributed by atoms with Gasteiger partial charge in [-0.25, -0.2) is 0 Å². The summed E-state index contributed by atoms with van der Waals surface area (Å²) < 4.78 is 10.9. The molecule has 2 amide bonds. The fraction of sp³-hybridized carbons (Fsp3) is 0.562. The van der Waals surface area contributed by atoms with Gasteiger partial charge in [0.2, 0.25) is 11.8 Å². The van der Waals surface area contributed by atoms with E-state index in [1.165, 1.54) is 29.7 Å². The fourth-order valence-corrected chi connectivity index (χ4v) is 8.60. The van der Waals surface area contributed by atoms with Crippen molar-refractivity contribution in [2.75, 3.05) is 33.9 Å². The van der Waals surface area contributed by atoms with Crippen LogP contribution >= 0.6 is 11.3 Å². The van der Waals surface area contributed by atoms with Crippen molar-refractivity contribution >= 4 is 23.2 Å². The number of aryl methyl sites for hydroxylation is 1. The summed E-state index contributed by atoms with van der Waals surface area (Å²) in [4.78, 5) is 32.9. The minimum absolute atomic E-state index is 0.0109. The van der Waals surface area contributed by atoms with Crippen LogP contribution in [-0.2, 0) is 22.6 Å². The first kappa shape index (κ1) is 27.8. The van der Waals surface area contributed by atoms with E-state index in [1.807, 2.05) is 23.1 Å². The van der Waals surface area contributed by atoms with Gasteiger partial charge in [-0.1, -0.05) is 12.1 Å². The summed E-state index contributed by atoms with van der Waals surface area (Å²) in [6.45, 7) is 7.62. The highest BCUT2D eigenvalue weighted by Gasteiger charge is 2.55. The second-order valence-electron chi connectivity index (χ2n) is 12.0. The van der Waals surface area contributed by atoms with Crippen molar-refractivity contribution in [3.05, 3.63) is 58.3 Å². The molecular weight excluding hydrogens is 508 g/mol. The molecule has 4 saturated carbocycles. The number of methoxy groups -OCH3 is 2. The van der Waals surface area contributed by atoms with Crippen LogP contribution in [0, 0.1) is 30.1 Å². The van der Waals surface area contributed by atoms with Crippen LogP contribution in [0.3, 0.4) is 0 Å². The summed E-state index contributed by atoms with van der Waals surface area (Å²) in [6, 6.07) is 7.98. The Labute approximate surface area is 237 Å². The number of nitrogens with zero attached hydrogens (tertiary/aromatic N) is 2. The second kappa shape index (κ2) is 11.7. The van der Waals surface area contributed by atoms with Crippen molar-refractivity contribution < 1.29 is 19.1 Å². The Morgan fingerprint density at radius 3 is 2.26 bits per heavy atom. The maximum absolute atomic E-state index is 14.1. The number of carbonyl (C=O) groups is 2. The molecule has 0 spiro atoms. The minimum atomic E-state index is -0.271. The van der Waals surface area contributed by atoms with E-state index in [2.05, 4.69) is 24.9 Å². The summed E-state index contributed by atoms with van der Waals surface area (Å²) in [5.41, 5.74) is 1.99. The number of thiophene rings is 1. The van der Waals surface area contributed by atoms with Gasteiger partial charge in [-0.2, -0.15) is 0 Å². The fourth-order valence-electron chi connectivity index (χ4n) is 7.68. The monoisotopic (exact) mass is 550 g/mol. The van der Waals surface area contributed by atoms with Crippen LogP contribution in [0.25, 0.3) is 0 Å². The minimum Gasteiger partial charge on any atom is -0.493 e. The molecule has 2 aromatic rings. The summed E-state index contributed by atoms with van der Waals surface area (Å²) >= 11 is 1.67. The van der Waals surface area contributed by atoms with Gasteiger partial charge in [0.05, 0.1) is 26.2 Å². The van der Waals surface area contributed by atoms with Crippen molar-refractivity contribution in [3.8, 4) is 11.5 Å². The van der Waals surface area contributed by atoms with Crippen LogP contribution in [0.1, 0.15) is 54.5 Å². The predicted molar refractivity (Wildman–Crippen MR) is 155 cm³/mol. The van der Waals surface area contributed by atoms with Crippen molar-refractivity contribution in [1.82, 2.24) is 9.80 Å². The molecular formula is C32H42N2O4S.